The fourth-order valence-corrected chi connectivity index (χ4v) is 0.224. The Morgan fingerprint density at radius 1 is 1.33 bits per heavy atom. The van der Waals surface area contributed by atoms with Crippen molar-refractivity contribution in [1.82, 2.24) is 2.03 Å². The Bertz CT molecular complexity index is 26.7. The van der Waals surface area contributed by atoms with Gasteiger partial charge in [-0.15, -0.1) is 0 Å². The van der Waals surface area contributed by atoms with Crippen molar-refractivity contribution < 1.29 is 31.3 Å². The topological polar surface area (TPSA) is 3.24 Å². The summed E-state index contributed by atoms with van der Waals surface area (Å²) >= 11 is 1.28. The second-order valence-electron chi connectivity index (χ2n) is 1.22. The van der Waals surface area contributed by atoms with Gasteiger partial charge in [-0.2, -0.15) is 0 Å². The molecule has 0 bridgehead atoms. The minimum atomic E-state index is 1.22. The fraction of sp³-hybridized carbons (Fsp3) is 1.00. The van der Waals surface area contributed by atoms with Gasteiger partial charge in [0.15, 0.2) is 0 Å². The zero-order chi connectivity index (χ0) is 4.99. The van der Waals surface area contributed by atoms with E-state index in [1.807, 2.05) is 0 Å². The molecule has 0 aliphatic carbocycles. The van der Waals surface area contributed by atoms with Crippen LogP contribution in [0.1, 0.15) is 13.8 Å². The monoisotopic (exact) mass is 161 g/mol. The molecule has 0 aromatic rings. The summed E-state index contributed by atoms with van der Waals surface area (Å²) in [4.78, 5) is 0. The first-order chi connectivity index (χ1) is 2.81. The molecular formula is C4H10NY. The number of hydrogen-bond acceptors (Lipinski definition) is 1. The Balaban J connectivity index is 2.75. The van der Waals surface area contributed by atoms with Gasteiger partial charge in [-0.25, -0.2) is 0 Å². The summed E-state index contributed by atoms with van der Waals surface area (Å²) in [5.41, 5.74) is 0. The first kappa shape index (κ1) is 7.06. The summed E-state index contributed by atoms with van der Waals surface area (Å²) in [6.45, 7) is 6.82. The molecule has 1 nitrogen and oxygen atoms in total. The zero-order valence-corrected chi connectivity index (χ0v) is 7.28. The molecule has 0 fully saturated rings. The summed E-state index contributed by atoms with van der Waals surface area (Å²) in [7, 11) is 0. The van der Waals surface area contributed by atoms with Gasteiger partial charge in [0, 0.05) is 0 Å². The molecule has 0 saturated carbocycles. The molecule has 0 rings (SSSR count). The van der Waals surface area contributed by atoms with Gasteiger partial charge in [0.05, 0.1) is 0 Å². The first-order valence-electron chi connectivity index (χ1n) is 2.30. The van der Waals surface area contributed by atoms with Crippen LogP contribution in [0.5, 0.6) is 0 Å². The molecule has 0 unspecified atom stereocenters. The molecule has 0 aliphatic heterocycles. The van der Waals surface area contributed by atoms with E-state index in [2.05, 4.69) is 15.9 Å². The van der Waals surface area contributed by atoms with Gasteiger partial charge in [0.1, 0.15) is 0 Å². The maximum absolute atomic E-state index is 2.38. The SMILES string of the molecule is CC[N]([Y])CC. The summed E-state index contributed by atoms with van der Waals surface area (Å²) in [5.74, 6) is 0. The van der Waals surface area contributed by atoms with E-state index < -0.39 is 0 Å². The van der Waals surface area contributed by atoms with Gasteiger partial charge in [-0.3, -0.25) is 0 Å². The number of rotatable bonds is 2. The van der Waals surface area contributed by atoms with Crippen molar-refractivity contribution in [3.63, 3.8) is 0 Å². The summed E-state index contributed by atoms with van der Waals surface area (Å²) in [6, 6.07) is 0. The molecule has 0 aliphatic rings. The summed E-state index contributed by atoms with van der Waals surface area (Å²) in [6.07, 6.45) is 0. The number of hydrogen-bond donors (Lipinski definition) is 0. The second kappa shape index (κ2) is 4.23. The van der Waals surface area contributed by atoms with Crippen LogP contribution >= 0.6 is 0 Å². The van der Waals surface area contributed by atoms with E-state index >= 15 is 0 Å². The van der Waals surface area contributed by atoms with E-state index in [0.717, 1.165) is 0 Å². The van der Waals surface area contributed by atoms with Gasteiger partial charge in [-0.05, 0) is 0 Å². The number of nitrogens with zero attached hydrogens (tertiary/aromatic N) is 1. The molecule has 2 heteroatoms. The Kier molecular flexibility index (Phi) is 4.98. The molecule has 34 valence electrons. The molecule has 0 atom stereocenters. The van der Waals surface area contributed by atoms with E-state index in [4.69, 9.17) is 0 Å². The molecule has 0 aromatic heterocycles. The fourth-order valence-electron chi connectivity index (χ4n) is 0.224. The van der Waals surface area contributed by atoms with E-state index in [1.165, 1.54) is 44.4 Å². The van der Waals surface area contributed by atoms with Crippen molar-refractivity contribution >= 4 is 0 Å². The van der Waals surface area contributed by atoms with Crippen molar-refractivity contribution in [2.75, 3.05) is 13.1 Å². The summed E-state index contributed by atoms with van der Waals surface area (Å²) < 4.78 is 2.38. The van der Waals surface area contributed by atoms with Crippen LogP contribution in [-0.2, 0) is 31.3 Å². The van der Waals surface area contributed by atoms with Gasteiger partial charge in [0.25, 0.3) is 0 Å². The molecule has 0 saturated heterocycles. The van der Waals surface area contributed by atoms with Crippen molar-refractivity contribution in [1.29, 1.82) is 0 Å². The second-order valence-corrected chi connectivity index (χ2v) is 3.02. The first-order valence-corrected chi connectivity index (χ1v) is 3.57. The average molecular weight is 161 g/mol. The maximum atomic E-state index is 2.38. The van der Waals surface area contributed by atoms with Crippen LogP contribution in [0.4, 0.5) is 0 Å². The standard InChI is InChI=1S/C4H10N.Y/c1-3-5-4-2;/h3-4H2,1-2H3;/q-1;+1. The Morgan fingerprint density at radius 3 is 1.67 bits per heavy atom. The quantitative estimate of drug-likeness (QED) is 0.578. The van der Waals surface area contributed by atoms with Crippen molar-refractivity contribution in [2.45, 2.75) is 13.8 Å². The third-order valence-electron chi connectivity index (χ3n) is 0.812. The molecule has 0 N–H and O–H groups in total. The van der Waals surface area contributed by atoms with Crippen LogP contribution in [0.3, 0.4) is 0 Å². The minimum absolute atomic E-state index is 1.22. The van der Waals surface area contributed by atoms with Crippen LogP contribution in [0.15, 0.2) is 0 Å². The van der Waals surface area contributed by atoms with Gasteiger partial charge < -0.3 is 0 Å². The molecular weight excluding hydrogens is 151 g/mol. The third kappa shape index (κ3) is 3.26. The van der Waals surface area contributed by atoms with Crippen LogP contribution in [-0.4, -0.2) is 15.1 Å². The van der Waals surface area contributed by atoms with Crippen LogP contribution in [0.25, 0.3) is 0 Å². The summed E-state index contributed by atoms with van der Waals surface area (Å²) in [5, 5.41) is 0. The Hall–Kier alpha value is 1.06. The van der Waals surface area contributed by atoms with E-state index in [0.29, 0.717) is 0 Å². The van der Waals surface area contributed by atoms with E-state index in [9.17, 15) is 0 Å². The van der Waals surface area contributed by atoms with Crippen molar-refractivity contribution in [2.24, 2.45) is 0 Å². The average Bonchev–Trinajstić information content (AvgIpc) is 1.65. The molecule has 0 heterocycles. The van der Waals surface area contributed by atoms with Gasteiger partial charge in [0.2, 0.25) is 0 Å². The predicted octanol–water partition coefficient (Wildman–Crippen LogP) is 0.790. The van der Waals surface area contributed by atoms with E-state index in [-0.39, 0.29) is 0 Å². The normalized spacial score (nSPS) is 9.67. The molecule has 0 radical (unpaired) electrons. The zero-order valence-electron chi connectivity index (χ0n) is 4.44. The Morgan fingerprint density at radius 2 is 1.67 bits per heavy atom. The van der Waals surface area contributed by atoms with E-state index in [1.54, 1.807) is 0 Å². The molecule has 0 spiro atoms. The van der Waals surface area contributed by atoms with Crippen molar-refractivity contribution in [3.05, 3.63) is 0 Å². The van der Waals surface area contributed by atoms with Crippen LogP contribution < -0.4 is 0 Å². The third-order valence-corrected chi connectivity index (χ3v) is 2.61. The van der Waals surface area contributed by atoms with Crippen molar-refractivity contribution in [3.8, 4) is 0 Å². The molecule has 0 aromatic carbocycles. The molecule has 6 heavy (non-hydrogen) atoms. The Labute approximate surface area is 60.1 Å². The van der Waals surface area contributed by atoms with Crippen LogP contribution in [0, 0.1) is 0 Å². The predicted molar refractivity (Wildman–Crippen MR) is 22.9 cm³/mol. The van der Waals surface area contributed by atoms with Crippen LogP contribution in [0.2, 0.25) is 0 Å². The van der Waals surface area contributed by atoms with Gasteiger partial charge in [-0.1, -0.05) is 0 Å². The molecule has 0 amide bonds. The van der Waals surface area contributed by atoms with Gasteiger partial charge >= 0.3 is 60.3 Å².